The molecular weight excluding hydrogens is 365 g/mol. The molecule has 0 spiro atoms. The highest BCUT2D eigenvalue weighted by molar-refractivity contribution is 5.92. The zero-order chi connectivity index (χ0) is 20.4. The number of carbonyl (C=O) groups is 2. The second-order valence-electron chi connectivity index (χ2n) is 6.00. The zero-order valence-corrected chi connectivity index (χ0v) is 16.0. The van der Waals surface area contributed by atoms with Gasteiger partial charge < -0.3 is 19.5 Å². The van der Waals surface area contributed by atoms with Crippen LogP contribution in [0.2, 0.25) is 0 Å². The van der Waals surface area contributed by atoms with Gasteiger partial charge in [-0.15, -0.1) is 0 Å². The summed E-state index contributed by atoms with van der Waals surface area (Å²) in [6.07, 6.45) is 0.549. The van der Waals surface area contributed by atoms with Crippen LogP contribution in [0.15, 0.2) is 42.5 Å². The van der Waals surface area contributed by atoms with Gasteiger partial charge in [-0.25, -0.2) is 4.39 Å². The standard InChI is InChI=1S/C21H24FNO5/c1-3-26-18-7-4-5-8-19(18)27-12-6-9-21(25)28-14-20(24)23-16-11-10-15(2)17(22)13-16/h4-5,7-8,10-11,13H,3,6,9,12,14H2,1-2H3,(H,23,24). The molecule has 28 heavy (non-hydrogen) atoms. The van der Waals surface area contributed by atoms with Gasteiger partial charge in [-0.1, -0.05) is 18.2 Å². The Balaban J connectivity index is 1.66. The van der Waals surface area contributed by atoms with Crippen molar-refractivity contribution >= 4 is 17.6 Å². The first-order valence-electron chi connectivity index (χ1n) is 9.06. The lowest BCUT2D eigenvalue weighted by Gasteiger charge is -2.11. The average Bonchev–Trinajstić information content (AvgIpc) is 2.68. The van der Waals surface area contributed by atoms with E-state index in [9.17, 15) is 14.0 Å². The third kappa shape index (κ3) is 6.90. The lowest BCUT2D eigenvalue weighted by atomic mass is 10.2. The number of hydrogen-bond acceptors (Lipinski definition) is 5. The Kier molecular flexibility index (Phi) is 8.27. The quantitative estimate of drug-likeness (QED) is 0.493. The fourth-order valence-corrected chi connectivity index (χ4v) is 2.33. The summed E-state index contributed by atoms with van der Waals surface area (Å²) in [5.74, 6) is -0.189. The van der Waals surface area contributed by atoms with Crippen LogP contribution < -0.4 is 14.8 Å². The Hall–Kier alpha value is -3.09. The molecule has 0 aliphatic heterocycles. The van der Waals surface area contributed by atoms with Gasteiger partial charge in [0.05, 0.1) is 13.2 Å². The van der Waals surface area contributed by atoms with Gasteiger partial charge in [-0.3, -0.25) is 9.59 Å². The fraction of sp³-hybridized carbons (Fsp3) is 0.333. The minimum Gasteiger partial charge on any atom is -0.490 e. The van der Waals surface area contributed by atoms with E-state index in [1.54, 1.807) is 25.1 Å². The third-order valence-corrected chi connectivity index (χ3v) is 3.75. The van der Waals surface area contributed by atoms with Gasteiger partial charge in [-0.05, 0) is 50.1 Å². The monoisotopic (exact) mass is 389 g/mol. The third-order valence-electron chi connectivity index (χ3n) is 3.75. The number of hydrogen-bond donors (Lipinski definition) is 1. The van der Waals surface area contributed by atoms with Gasteiger partial charge in [0, 0.05) is 12.1 Å². The van der Waals surface area contributed by atoms with Gasteiger partial charge in [0.25, 0.3) is 5.91 Å². The number of para-hydroxylation sites is 2. The minimum atomic E-state index is -0.529. The molecule has 2 aromatic carbocycles. The van der Waals surface area contributed by atoms with Crippen molar-refractivity contribution in [3.63, 3.8) is 0 Å². The van der Waals surface area contributed by atoms with E-state index in [0.717, 1.165) is 0 Å². The predicted octanol–water partition coefficient (Wildman–Crippen LogP) is 3.87. The van der Waals surface area contributed by atoms with E-state index in [2.05, 4.69) is 5.32 Å². The summed E-state index contributed by atoms with van der Waals surface area (Å²) in [7, 11) is 0. The van der Waals surface area contributed by atoms with E-state index in [-0.39, 0.29) is 6.42 Å². The molecule has 0 bridgehead atoms. The molecule has 1 amide bonds. The molecule has 1 N–H and O–H groups in total. The molecule has 0 saturated heterocycles. The molecule has 0 aromatic heterocycles. The molecule has 7 heteroatoms. The number of halogens is 1. The van der Waals surface area contributed by atoms with Crippen molar-refractivity contribution in [2.45, 2.75) is 26.7 Å². The van der Waals surface area contributed by atoms with Gasteiger partial charge in [0.1, 0.15) is 5.82 Å². The van der Waals surface area contributed by atoms with Crippen LogP contribution in [0.4, 0.5) is 10.1 Å². The Morgan fingerprint density at radius 3 is 2.46 bits per heavy atom. The van der Waals surface area contributed by atoms with E-state index in [4.69, 9.17) is 14.2 Å². The Morgan fingerprint density at radius 2 is 1.79 bits per heavy atom. The molecule has 0 aliphatic carbocycles. The first kappa shape index (κ1) is 21.2. The number of aryl methyl sites for hydroxylation is 1. The molecule has 0 fully saturated rings. The summed E-state index contributed by atoms with van der Waals surface area (Å²) in [6.45, 7) is 3.93. The van der Waals surface area contributed by atoms with Crippen LogP contribution in [-0.2, 0) is 14.3 Å². The highest BCUT2D eigenvalue weighted by Crippen LogP contribution is 2.26. The van der Waals surface area contributed by atoms with Crippen molar-refractivity contribution in [2.75, 3.05) is 25.1 Å². The van der Waals surface area contributed by atoms with Crippen LogP contribution in [-0.4, -0.2) is 31.7 Å². The van der Waals surface area contributed by atoms with Crippen molar-refractivity contribution in [2.24, 2.45) is 0 Å². The van der Waals surface area contributed by atoms with Gasteiger partial charge >= 0.3 is 5.97 Å². The number of rotatable bonds is 10. The molecule has 0 saturated carbocycles. The first-order chi connectivity index (χ1) is 13.5. The molecule has 0 radical (unpaired) electrons. The van der Waals surface area contributed by atoms with E-state index in [0.29, 0.717) is 42.4 Å². The maximum atomic E-state index is 13.5. The molecule has 2 rings (SSSR count). The summed E-state index contributed by atoms with van der Waals surface area (Å²) in [5.41, 5.74) is 0.793. The average molecular weight is 389 g/mol. The predicted molar refractivity (Wildman–Crippen MR) is 103 cm³/mol. The topological polar surface area (TPSA) is 73.9 Å². The molecule has 2 aromatic rings. The number of carbonyl (C=O) groups excluding carboxylic acids is 2. The molecule has 0 heterocycles. The molecule has 0 unspecified atom stereocenters. The summed E-state index contributed by atoms with van der Waals surface area (Å²) < 4.78 is 29.4. The largest absolute Gasteiger partial charge is 0.490 e. The lowest BCUT2D eigenvalue weighted by molar-refractivity contribution is -0.147. The number of ether oxygens (including phenoxy) is 3. The molecule has 0 aliphatic rings. The van der Waals surface area contributed by atoms with Crippen molar-refractivity contribution in [1.82, 2.24) is 0 Å². The maximum Gasteiger partial charge on any atom is 0.306 e. The van der Waals surface area contributed by atoms with Gasteiger partial charge in [-0.2, -0.15) is 0 Å². The lowest BCUT2D eigenvalue weighted by Crippen LogP contribution is -2.21. The highest BCUT2D eigenvalue weighted by atomic mass is 19.1. The van der Waals surface area contributed by atoms with E-state index < -0.39 is 24.3 Å². The Bertz CT molecular complexity index is 809. The summed E-state index contributed by atoms with van der Waals surface area (Å²) in [5, 5.41) is 2.48. The molecule has 150 valence electrons. The maximum absolute atomic E-state index is 13.5. The van der Waals surface area contributed by atoms with Crippen LogP contribution in [0.5, 0.6) is 11.5 Å². The SMILES string of the molecule is CCOc1ccccc1OCCCC(=O)OCC(=O)Nc1ccc(C)c(F)c1. The second-order valence-corrected chi connectivity index (χ2v) is 6.00. The second kappa shape index (κ2) is 10.9. The van der Waals surface area contributed by atoms with Crippen molar-refractivity contribution < 1.29 is 28.2 Å². The van der Waals surface area contributed by atoms with Gasteiger partial charge in [0.2, 0.25) is 0 Å². The zero-order valence-electron chi connectivity index (χ0n) is 16.0. The number of nitrogens with one attached hydrogen (secondary N) is 1. The number of amides is 1. The smallest absolute Gasteiger partial charge is 0.306 e. The van der Waals surface area contributed by atoms with E-state index in [1.807, 2.05) is 25.1 Å². The number of esters is 1. The van der Waals surface area contributed by atoms with Crippen molar-refractivity contribution in [3.8, 4) is 11.5 Å². The molecule has 6 nitrogen and oxygen atoms in total. The normalized spacial score (nSPS) is 10.2. The number of benzene rings is 2. The fourth-order valence-electron chi connectivity index (χ4n) is 2.33. The number of anilines is 1. The Labute approximate surface area is 163 Å². The van der Waals surface area contributed by atoms with E-state index >= 15 is 0 Å². The minimum absolute atomic E-state index is 0.114. The van der Waals surface area contributed by atoms with Crippen LogP contribution >= 0.6 is 0 Å². The Morgan fingerprint density at radius 1 is 1.07 bits per heavy atom. The molecular formula is C21H24FNO5. The summed E-state index contributed by atoms with van der Waals surface area (Å²) in [4.78, 5) is 23.5. The van der Waals surface area contributed by atoms with E-state index in [1.165, 1.54) is 6.07 Å². The van der Waals surface area contributed by atoms with Crippen molar-refractivity contribution in [1.29, 1.82) is 0 Å². The van der Waals surface area contributed by atoms with Crippen LogP contribution in [0.1, 0.15) is 25.3 Å². The highest BCUT2D eigenvalue weighted by Gasteiger charge is 2.10. The van der Waals surface area contributed by atoms with Crippen molar-refractivity contribution in [3.05, 3.63) is 53.8 Å². The van der Waals surface area contributed by atoms with Gasteiger partial charge in [0.15, 0.2) is 18.1 Å². The first-order valence-corrected chi connectivity index (χ1v) is 9.06. The molecule has 0 atom stereocenters. The van der Waals surface area contributed by atoms with Crippen LogP contribution in [0, 0.1) is 12.7 Å². The van der Waals surface area contributed by atoms with Crippen LogP contribution in [0.25, 0.3) is 0 Å². The van der Waals surface area contributed by atoms with Crippen LogP contribution in [0.3, 0.4) is 0 Å². The summed E-state index contributed by atoms with van der Waals surface area (Å²) in [6, 6.07) is 11.6. The summed E-state index contributed by atoms with van der Waals surface area (Å²) >= 11 is 0.